The molecule has 2 nitrogen and oxygen atoms in total. The van der Waals surface area contributed by atoms with E-state index in [2.05, 4.69) is 0 Å². The molecule has 0 aromatic rings. The van der Waals surface area contributed by atoms with Crippen LogP contribution in [-0.2, 0) is 4.79 Å². The van der Waals surface area contributed by atoms with Crippen molar-refractivity contribution in [2.24, 2.45) is 5.92 Å². The van der Waals surface area contributed by atoms with Gasteiger partial charge in [0.1, 0.15) is 0 Å². The second-order valence-electron chi connectivity index (χ2n) is 4.50. The zero-order valence-electron chi connectivity index (χ0n) is 9.61. The fourth-order valence-electron chi connectivity index (χ4n) is 2.00. The Labute approximate surface area is 104 Å². The molecule has 0 aliphatic heterocycles. The van der Waals surface area contributed by atoms with E-state index in [1.54, 1.807) is 5.32 Å². The van der Waals surface area contributed by atoms with Crippen molar-refractivity contribution in [2.75, 3.05) is 0 Å². The summed E-state index contributed by atoms with van der Waals surface area (Å²) in [5.74, 6) is -8.81. The van der Waals surface area contributed by atoms with Gasteiger partial charge in [0.15, 0.2) is 0 Å². The molecule has 1 fully saturated rings. The average molecular weight is 295 g/mol. The van der Waals surface area contributed by atoms with Gasteiger partial charge in [-0.25, -0.2) is 8.78 Å². The van der Waals surface area contributed by atoms with Gasteiger partial charge in [-0.1, -0.05) is 6.42 Å². The third-order valence-electron chi connectivity index (χ3n) is 3.05. The molecule has 0 aromatic heterocycles. The molecule has 1 N–H and O–H groups in total. The lowest BCUT2D eigenvalue weighted by Crippen LogP contribution is -2.50. The molecule has 112 valence electrons. The van der Waals surface area contributed by atoms with Crippen molar-refractivity contribution in [3.63, 3.8) is 0 Å². The lowest BCUT2D eigenvalue weighted by molar-refractivity contribution is -0.186. The van der Waals surface area contributed by atoms with Gasteiger partial charge in [-0.15, -0.1) is 0 Å². The molecule has 2 unspecified atom stereocenters. The van der Waals surface area contributed by atoms with Gasteiger partial charge in [0.25, 0.3) is 5.91 Å². The molecule has 9 heteroatoms. The lowest BCUT2D eigenvalue weighted by Gasteiger charge is -2.31. The smallest absolute Gasteiger partial charge is 0.348 e. The maximum absolute atomic E-state index is 12.6. The van der Waals surface area contributed by atoms with Crippen LogP contribution in [0.5, 0.6) is 0 Å². The van der Waals surface area contributed by atoms with Gasteiger partial charge in [0.05, 0.1) is 5.92 Å². The van der Waals surface area contributed by atoms with E-state index < -0.39 is 42.8 Å². The summed E-state index contributed by atoms with van der Waals surface area (Å²) in [6.07, 6.45) is -9.22. The van der Waals surface area contributed by atoms with Crippen LogP contribution >= 0.6 is 0 Å². The number of carbonyl (C=O) groups is 1. The van der Waals surface area contributed by atoms with E-state index >= 15 is 0 Å². The Morgan fingerprint density at radius 2 is 1.68 bits per heavy atom. The highest BCUT2D eigenvalue weighted by molar-refractivity contribution is 5.84. The normalized spacial score (nSPS) is 25.5. The topological polar surface area (TPSA) is 29.1 Å². The lowest BCUT2D eigenvalue weighted by atomic mass is 9.85. The summed E-state index contributed by atoms with van der Waals surface area (Å²) in [5.41, 5.74) is 0. The number of alkyl halides is 7. The molecule has 0 heterocycles. The van der Waals surface area contributed by atoms with Crippen molar-refractivity contribution in [3.8, 4) is 0 Å². The largest absolute Gasteiger partial charge is 0.391 e. The first kappa shape index (κ1) is 16.0. The standard InChI is InChI=1S/C10H12F7NO/c11-7(12)9(13,14)8(19)18-6-3-1-2-5(4-6)10(15,16)17/h5-7H,1-4H2,(H,18,19). The third-order valence-corrected chi connectivity index (χ3v) is 3.05. The molecule has 0 bridgehead atoms. The monoisotopic (exact) mass is 295 g/mol. The summed E-state index contributed by atoms with van der Waals surface area (Å²) in [4.78, 5) is 10.9. The van der Waals surface area contributed by atoms with Gasteiger partial charge in [-0.3, -0.25) is 4.79 Å². The molecule has 1 saturated carbocycles. The van der Waals surface area contributed by atoms with Crippen LogP contribution in [0.25, 0.3) is 0 Å². The maximum Gasteiger partial charge on any atom is 0.391 e. The van der Waals surface area contributed by atoms with Crippen molar-refractivity contribution in [1.29, 1.82) is 0 Å². The first-order valence-electron chi connectivity index (χ1n) is 5.58. The van der Waals surface area contributed by atoms with Crippen LogP contribution in [-0.4, -0.2) is 30.5 Å². The van der Waals surface area contributed by atoms with Crippen LogP contribution in [0.15, 0.2) is 0 Å². The Morgan fingerprint density at radius 3 is 2.16 bits per heavy atom. The van der Waals surface area contributed by atoms with Crippen LogP contribution in [0.2, 0.25) is 0 Å². The van der Waals surface area contributed by atoms with Crippen molar-refractivity contribution in [3.05, 3.63) is 0 Å². The minimum atomic E-state index is -4.88. The zero-order chi connectivity index (χ0) is 14.8. The van der Waals surface area contributed by atoms with Crippen LogP contribution in [0.1, 0.15) is 25.7 Å². The molecule has 0 aromatic carbocycles. The van der Waals surface area contributed by atoms with Crippen LogP contribution in [0.3, 0.4) is 0 Å². The number of halogens is 7. The first-order valence-corrected chi connectivity index (χ1v) is 5.58. The van der Waals surface area contributed by atoms with Gasteiger partial charge in [0, 0.05) is 6.04 Å². The van der Waals surface area contributed by atoms with Gasteiger partial charge in [-0.05, 0) is 19.3 Å². The Hall–Kier alpha value is -1.02. The van der Waals surface area contributed by atoms with E-state index in [-0.39, 0.29) is 19.3 Å². The number of hydrogen-bond acceptors (Lipinski definition) is 1. The summed E-state index contributed by atoms with van der Waals surface area (Å²) < 4.78 is 86.4. The molecule has 1 aliphatic carbocycles. The van der Waals surface area contributed by atoms with Crippen molar-refractivity contribution >= 4 is 5.91 Å². The molecule has 0 radical (unpaired) electrons. The van der Waals surface area contributed by atoms with E-state index in [1.807, 2.05) is 0 Å². The molecule has 0 saturated heterocycles. The van der Waals surface area contributed by atoms with Gasteiger partial charge >= 0.3 is 18.5 Å². The Kier molecular flexibility index (Phi) is 4.67. The molecule has 0 spiro atoms. The van der Waals surface area contributed by atoms with E-state index in [1.165, 1.54) is 0 Å². The Morgan fingerprint density at radius 1 is 1.11 bits per heavy atom. The molecule has 1 rings (SSSR count). The SMILES string of the molecule is O=C(NC1CCCC(C(F)(F)F)C1)C(F)(F)C(F)F. The Balaban J connectivity index is 2.61. The second kappa shape index (κ2) is 5.54. The predicted octanol–water partition coefficient (Wildman–Crippen LogP) is 3.12. The van der Waals surface area contributed by atoms with E-state index in [4.69, 9.17) is 0 Å². The van der Waals surface area contributed by atoms with Gasteiger partial charge < -0.3 is 5.32 Å². The van der Waals surface area contributed by atoms with Crippen molar-refractivity contribution < 1.29 is 35.5 Å². The zero-order valence-corrected chi connectivity index (χ0v) is 9.61. The number of nitrogens with one attached hydrogen (secondary N) is 1. The quantitative estimate of drug-likeness (QED) is 0.796. The fourth-order valence-corrected chi connectivity index (χ4v) is 2.00. The number of rotatable bonds is 3. The Bertz CT molecular complexity index is 328. The van der Waals surface area contributed by atoms with E-state index in [0.29, 0.717) is 0 Å². The van der Waals surface area contributed by atoms with Crippen LogP contribution in [0.4, 0.5) is 30.7 Å². The minimum Gasteiger partial charge on any atom is -0.348 e. The summed E-state index contributed by atoms with van der Waals surface area (Å²) in [6.45, 7) is 0. The van der Waals surface area contributed by atoms with E-state index in [0.717, 1.165) is 0 Å². The summed E-state index contributed by atoms with van der Waals surface area (Å²) in [6, 6.07) is -1.16. The molecule has 1 aliphatic rings. The van der Waals surface area contributed by atoms with Crippen molar-refractivity contribution in [1.82, 2.24) is 5.32 Å². The predicted molar refractivity (Wildman–Crippen MR) is 50.9 cm³/mol. The maximum atomic E-state index is 12.6. The minimum absolute atomic E-state index is 0.0671. The van der Waals surface area contributed by atoms with Crippen LogP contribution < -0.4 is 5.32 Å². The van der Waals surface area contributed by atoms with Gasteiger partial charge in [-0.2, -0.15) is 22.0 Å². The van der Waals surface area contributed by atoms with E-state index in [9.17, 15) is 35.5 Å². The highest BCUT2D eigenvalue weighted by atomic mass is 19.4. The molecule has 2 atom stereocenters. The average Bonchev–Trinajstić information content (AvgIpc) is 2.27. The fraction of sp³-hybridized carbons (Fsp3) is 0.900. The number of amides is 1. The molecule has 1 amide bonds. The van der Waals surface area contributed by atoms with Crippen molar-refractivity contribution in [2.45, 2.75) is 50.2 Å². The number of hydrogen-bond donors (Lipinski definition) is 1. The van der Waals surface area contributed by atoms with Gasteiger partial charge in [0.2, 0.25) is 0 Å². The number of carbonyl (C=O) groups excluding carboxylic acids is 1. The first-order chi connectivity index (χ1) is 8.55. The summed E-state index contributed by atoms with van der Waals surface area (Å²) in [7, 11) is 0. The second-order valence-corrected chi connectivity index (χ2v) is 4.50. The summed E-state index contributed by atoms with van der Waals surface area (Å²) in [5, 5.41) is 1.57. The molecule has 19 heavy (non-hydrogen) atoms. The molecular formula is C10H12F7NO. The highest BCUT2D eigenvalue weighted by Gasteiger charge is 2.50. The van der Waals surface area contributed by atoms with Crippen LogP contribution in [0, 0.1) is 5.92 Å². The highest BCUT2D eigenvalue weighted by Crippen LogP contribution is 2.37. The third kappa shape index (κ3) is 3.97. The molecular weight excluding hydrogens is 283 g/mol. The summed E-state index contributed by atoms with van der Waals surface area (Å²) >= 11 is 0.